The second kappa shape index (κ2) is 4.30. The molecule has 0 bridgehead atoms. The summed E-state index contributed by atoms with van der Waals surface area (Å²) in [5.74, 6) is -0.216. The van der Waals surface area contributed by atoms with Gasteiger partial charge in [0.1, 0.15) is 6.20 Å². The van der Waals surface area contributed by atoms with E-state index in [-0.39, 0.29) is 17.8 Å². The second-order valence-corrected chi connectivity index (χ2v) is 4.46. The van der Waals surface area contributed by atoms with Gasteiger partial charge in [0.05, 0.1) is 12.3 Å². The van der Waals surface area contributed by atoms with Crippen LogP contribution in [0.2, 0.25) is 0 Å². The van der Waals surface area contributed by atoms with E-state index < -0.39 is 4.92 Å². The molecule has 1 aromatic heterocycles. The summed E-state index contributed by atoms with van der Waals surface area (Å²) in [6, 6.07) is 0. The molecule has 16 heavy (non-hydrogen) atoms. The minimum atomic E-state index is -0.566. The van der Waals surface area contributed by atoms with Crippen molar-refractivity contribution in [3.63, 3.8) is 0 Å². The molecule has 88 valence electrons. The van der Waals surface area contributed by atoms with E-state index in [4.69, 9.17) is 5.21 Å². The van der Waals surface area contributed by atoms with E-state index in [0.717, 1.165) is 0 Å². The maximum atomic E-state index is 10.4. The van der Waals surface area contributed by atoms with Crippen molar-refractivity contribution in [3.05, 3.63) is 22.6 Å². The summed E-state index contributed by atoms with van der Waals surface area (Å²) in [4.78, 5) is 13.5. The Kier molecular flexibility index (Phi) is 3.26. The molecular formula is C9H14N4O3. The summed E-state index contributed by atoms with van der Waals surface area (Å²) in [5, 5.41) is 22.5. The van der Waals surface area contributed by atoms with E-state index in [9.17, 15) is 10.1 Å². The van der Waals surface area contributed by atoms with Gasteiger partial charge in [-0.25, -0.2) is 0 Å². The standard InChI is InChI=1S/C9H14N4O3/c1-9(2,3)7(11-14)4-12-5-8(10-6-12)13(15)16/h5-6,14H,4H2,1-3H3. The summed E-state index contributed by atoms with van der Waals surface area (Å²) in [6.07, 6.45) is 2.64. The molecule has 1 heterocycles. The Labute approximate surface area is 92.6 Å². The second-order valence-electron chi connectivity index (χ2n) is 4.46. The van der Waals surface area contributed by atoms with Crippen LogP contribution in [0.1, 0.15) is 20.8 Å². The van der Waals surface area contributed by atoms with Crippen molar-refractivity contribution in [3.8, 4) is 0 Å². The number of hydrogen-bond donors (Lipinski definition) is 1. The van der Waals surface area contributed by atoms with Gasteiger partial charge in [-0.3, -0.25) is 0 Å². The van der Waals surface area contributed by atoms with Crippen LogP contribution >= 0.6 is 0 Å². The molecule has 0 aliphatic carbocycles. The molecule has 0 aliphatic rings. The predicted molar refractivity (Wildman–Crippen MR) is 57.6 cm³/mol. The Morgan fingerprint density at radius 3 is 2.69 bits per heavy atom. The van der Waals surface area contributed by atoms with Crippen molar-refractivity contribution >= 4 is 11.5 Å². The number of imidazole rings is 1. The van der Waals surface area contributed by atoms with Crippen LogP contribution in [-0.4, -0.2) is 25.4 Å². The fourth-order valence-corrected chi connectivity index (χ4v) is 1.12. The molecule has 0 spiro atoms. The molecule has 0 aromatic carbocycles. The third-order valence-corrected chi connectivity index (χ3v) is 2.13. The van der Waals surface area contributed by atoms with E-state index >= 15 is 0 Å². The topological polar surface area (TPSA) is 93.5 Å². The van der Waals surface area contributed by atoms with Gasteiger partial charge in [0.25, 0.3) is 0 Å². The largest absolute Gasteiger partial charge is 0.411 e. The number of hydrogen-bond acceptors (Lipinski definition) is 5. The molecule has 0 fully saturated rings. The summed E-state index contributed by atoms with van der Waals surface area (Å²) in [5.41, 5.74) is 0.230. The molecule has 0 aliphatic heterocycles. The van der Waals surface area contributed by atoms with Crippen LogP contribution in [0.15, 0.2) is 17.7 Å². The highest BCUT2D eigenvalue weighted by molar-refractivity contribution is 5.88. The molecule has 1 rings (SSSR count). The highest BCUT2D eigenvalue weighted by atomic mass is 16.6. The molecule has 7 heteroatoms. The minimum absolute atomic E-state index is 0.216. The minimum Gasteiger partial charge on any atom is -0.411 e. The number of aromatic nitrogens is 2. The van der Waals surface area contributed by atoms with E-state index in [1.807, 2.05) is 20.8 Å². The van der Waals surface area contributed by atoms with Gasteiger partial charge in [-0.15, -0.1) is 0 Å². The highest BCUT2D eigenvalue weighted by Gasteiger charge is 2.21. The van der Waals surface area contributed by atoms with Gasteiger partial charge < -0.3 is 19.9 Å². The number of nitrogens with zero attached hydrogens (tertiary/aromatic N) is 4. The van der Waals surface area contributed by atoms with Crippen molar-refractivity contribution in [1.29, 1.82) is 0 Å². The lowest BCUT2D eigenvalue weighted by Crippen LogP contribution is -2.25. The SMILES string of the molecule is CC(C)(C)C(Cn1cnc([N+](=O)[O-])c1)=NO. The van der Waals surface area contributed by atoms with Crippen LogP contribution in [-0.2, 0) is 6.54 Å². The van der Waals surface area contributed by atoms with Gasteiger partial charge >= 0.3 is 5.82 Å². The predicted octanol–water partition coefficient (Wildman–Crippen LogP) is 1.67. The van der Waals surface area contributed by atoms with Gasteiger partial charge in [0.2, 0.25) is 6.33 Å². The summed E-state index contributed by atoms with van der Waals surface area (Å²) in [6.45, 7) is 5.97. The summed E-state index contributed by atoms with van der Waals surface area (Å²) in [7, 11) is 0. The van der Waals surface area contributed by atoms with Crippen LogP contribution in [0.25, 0.3) is 0 Å². The maximum absolute atomic E-state index is 10.4. The first-order valence-electron chi connectivity index (χ1n) is 4.72. The average Bonchev–Trinajstić information content (AvgIpc) is 2.60. The van der Waals surface area contributed by atoms with Crippen LogP contribution in [0.3, 0.4) is 0 Å². The van der Waals surface area contributed by atoms with Gasteiger partial charge in [-0.2, -0.15) is 0 Å². The van der Waals surface area contributed by atoms with Gasteiger partial charge in [-0.1, -0.05) is 25.9 Å². The molecule has 0 saturated heterocycles. The van der Waals surface area contributed by atoms with E-state index in [1.54, 1.807) is 0 Å². The van der Waals surface area contributed by atoms with Gasteiger partial charge in [0.15, 0.2) is 0 Å². The Morgan fingerprint density at radius 1 is 1.69 bits per heavy atom. The molecule has 0 radical (unpaired) electrons. The van der Waals surface area contributed by atoms with Crippen molar-refractivity contribution < 1.29 is 10.1 Å². The molecule has 0 amide bonds. The highest BCUT2D eigenvalue weighted by Crippen LogP contribution is 2.18. The van der Waals surface area contributed by atoms with Crippen LogP contribution in [0, 0.1) is 15.5 Å². The monoisotopic (exact) mass is 226 g/mol. The lowest BCUT2D eigenvalue weighted by atomic mass is 9.90. The Bertz CT molecular complexity index is 417. The number of rotatable bonds is 3. The number of oxime groups is 1. The Hall–Kier alpha value is -1.92. The first-order chi connectivity index (χ1) is 7.34. The molecule has 0 atom stereocenters. The molecule has 0 unspecified atom stereocenters. The summed E-state index contributed by atoms with van der Waals surface area (Å²) >= 11 is 0. The molecule has 1 aromatic rings. The zero-order valence-corrected chi connectivity index (χ0v) is 9.41. The van der Waals surface area contributed by atoms with E-state index in [2.05, 4.69) is 10.1 Å². The third kappa shape index (κ3) is 2.78. The molecule has 1 N–H and O–H groups in total. The average molecular weight is 226 g/mol. The van der Waals surface area contributed by atoms with Crippen molar-refractivity contribution in [2.24, 2.45) is 10.6 Å². The molecule has 0 saturated carbocycles. The molecule has 7 nitrogen and oxygen atoms in total. The maximum Gasteiger partial charge on any atom is 0.381 e. The summed E-state index contributed by atoms with van der Waals surface area (Å²) < 4.78 is 1.51. The van der Waals surface area contributed by atoms with E-state index in [0.29, 0.717) is 5.71 Å². The lowest BCUT2D eigenvalue weighted by molar-refractivity contribution is -0.389. The van der Waals surface area contributed by atoms with Crippen LogP contribution < -0.4 is 0 Å². The van der Waals surface area contributed by atoms with Crippen molar-refractivity contribution in [2.45, 2.75) is 27.3 Å². The third-order valence-electron chi connectivity index (χ3n) is 2.13. The van der Waals surface area contributed by atoms with Crippen molar-refractivity contribution in [1.82, 2.24) is 9.55 Å². The van der Waals surface area contributed by atoms with Crippen molar-refractivity contribution in [2.75, 3.05) is 0 Å². The van der Waals surface area contributed by atoms with Gasteiger partial charge in [0, 0.05) is 5.41 Å². The first kappa shape index (κ1) is 12.2. The Morgan fingerprint density at radius 2 is 2.31 bits per heavy atom. The Balaban J connectivity index is 2.84. The fraction of sp³-hybridized carbons (Fsp3) is 0.556. The van der Waals surface area contributed by atoms with Gasteiger partial charge in [-0.05, 0) is 9.91 Å². The van der Waals surface area contributed by atoms with Crippen LogP contribution in [0.5, 0.6) is 0 Å². The zero-order chi connectivity index (χ0) is 12.3. The van der Waals surface area contributed by atoms with Crippen LogP contribution in [0.4, 0.5) is 5.82 Å². The van der Waals surface area contributed by atoms with E-state index in [1.165, 1.54) is 17.1 Å². The zero-order valence-electron chi connectivity index (χ0n) is 9.41. The quantitative estimate of drug-likeness (QED) is 0.367. The smallest absolute Gasteiger partial charge is 0.381 e. The fourth-order valence-electron chi connectivity index (χ4n) is 1.12. The number of nitro groups is 1. The molecular weight excluding hydrogens is 212 g/mol. The lowest BCUT2D eigenvalue weighted by Gasteiger charge is -2.19. The first-order valence-corrected chi connectivity index (χ1v) is 4.72. The normalized spacial score (nSPS) is 12.8.